The van der Waals surface area contributed by atoms with Gasteiger partial charge in [0.1, 0.15) is 17.0 Å². The maximum atomic E-state index is 11.9. The summed E-state index contributed by atoms with van der Waals surface area (Å²) in [5, 5.41) is 5.77. The molecule has 0 aliphatic heterocycles. The number of rotatable bonds is 6. The third kappa shape index (κ3) is 3.23. The molecule has 0 aromatic carbocycles. The number of thiophene rings is 1. The molecule has 0 aliphatic carbocycles. The number of fused-ring (bicyclic) bond motifs is 1. The van der Waals surface area contributed by atoms with Gasteiger partial charge in [0, 0.05) is 18.5 Å². The highest BCUT2D eigenvalue weighted by Gasteiger charge is 2.17. The van der Waals surface area contributed by atoms with Crippen LogP contribution >= 0.6 is 11.3 Å². The third-order valence-corrected chi connectivity index (χ3v) is 3.60. The van der Waals surface area contributed by atoms with E-state index < -0.39 is 0 Å². The van der Waals surface area contributed by atoms with Gasteiger partial charge in [-0.3, -0.25) is 0 Å². The van der Waals surface area contributed by atoms with Crippen molar-refractivity contribution < 1.29 is 9.53 Å². The number of anilines is 1. The van der Waals surface area contributed by atoms with Gasteiger partial charge < -0.3 is 15.0 Å². The fourth-order valence-corrected chi connectivity index (χ4v) is 2.64. The molecule has 2 rings (SSSR count). The predicted molar refractivity (Wildman–Crippen MR) is 80.4 cm³/mol. The summed E-state index contributed by atoms with van der Waals surface area (Å²) < 4.78 is 5.07. The van der Waals surface area contributed by atoms with E-state index in [9.17, 15) is 4.79 Å². The second-order valence-electron chi connectivity index (χ2n) is 4.50. The number of nitrogens with one attached hydrogen (secondary N) is 1. The number of hydrogen-bond acceptors (Lipinski definition) is 7. The first-order chi connectivity index (χ1) is 9.63. The van der Waals surface area contributed by atoms with Crippen molar-refractivity contribution in [3.05, 3.63) is 17.3 Å². The third-order valence-electron chi connectivity index (χ3n) is 2.72. The summed E-state index contributed by atoms with van der Waals surface area (Å²) in [5.41, 5.74) is 0.528. The molecule has 0 amide bonds. The van der Waals surface area contributed by atoms with Crippen LogP contribution in [-0.4, -0.2) is 54.6 Å². The Labute approximate surface area is 121 Å². The second kappa shape index (κ2) is 6.62. The maximum Gasteiger partial charge on any atom is 0.339 e. The van der Waals surface area contributed by atoms with Crippen molar-refractivity contribution in [1.29, 1.82) is 0 Å². The molecule has 2 heterocycles. The molecule has 20 heavy (non-hydrogen) atoms. The monoisotopic (exact) mass is 294 g/mol. The van der Waals surface area contributed by atoms with E-state index in [0.717, 1.165) is 23.3 Å². The Hall–Kier alpha value is -1.73. The van der Waals surface area contributed by atoms with Crippen LogP contribution < -0.4 is 5.32 Å². The molecule has 108 valence electrons. The quantitative estimate of drug-likeness (QED) is 0.820. The van der Waals surface area contributed by atoms with Crippen LogP contribution in [0.3, 0.4) is 0 Å². The van der Waals surface area contributed by atoms with Crippen LogP contribution in [0.15, 0.2) is 11.7 Å². The Balaban J connectivity index is 2.29. The van der Waals surface area contributed by atoms with Gasteiger partial charge >= 0.3 is 5.97 Å². The Bertz CT molecular complexity index is 597. The molecular formula is C13H18N4O2S. The molecule has 1 N–H and O–H groups in total. The van der Waals surface area contributed by atoms with Gasteiger partial charge in [-0.15, -0.1) is 11.3 Å². The lowest BCUT2D eigenvalue weighted by molar-refractivity contribution is 0.0529. The summed E-state index contributed by atoms with van der Waals surface area (Å²) >= 11 is 1.42. The molecular weight excluding hydrogens is 276 g/mol. The van der Waals surface area contributed by atoms with Crippen LogP contribution in [0.4, 0.5) is 5.82 Å². The van der Waals surface area contributed by atoms with E-state index in [0.29, 0.717) is 18.0 Å². The first-order valence-electron chi connectivity index (χ1n) is 6.41. The average molecular weight is 294 g/mol. The average Bonchev–Trinajstić information content (AvgIpc) is 2.83. The summed E-state index contributed by atoms with van der Waals surface area (Å²) in [6, 6.07) is 0. The van der Waals surface area contributed by atoms with Crippen molar-refractivity contribution in [3.63, 3.8) is 0 Å². The molecule has 6 nitrogen and oxygen atoms in total. The smallest absolute Gasteiger partial charge is 0.339 e. The van der Waals surface area contributed by atoms with Crippen molar-refractivity contribution in [2.24, 2.45) is 0 Å². The van der Waals surface area contributed by atoms with E-state index in [2.05, 4.69) is 20.2 Å². The zero-order valence-electron chi connectivity index (χ0n) is 11.8. The number of nitrogens with zero attached hydrogens (tertiary/aromatic N) is 3. The molecule has 0 bridgehead atoms. The lowest BCUT2D eigenvalue weighted by atomic mass is 10.2. The van der Waals surface area contributed by atoms with E-state index in [-0.39, 0.29) is 5.97 Å². The summed E-state index contributed by atoms with van der Waals surface area (Å²) in [6.45, 7) is 3.77. The van der Waals surface area contributed by atoms with Crippen LogP contribution in [0.25, 0.3) is 10.2 Å². The van der Waals surface area contributed by atoms with Gasteiger partial charge in [0.25, 0.3) is 0 Å². The molecule has 0 atom stereocenters. The number of carbonyl (C=O) groups excluding carboxylic acids is 1. The van der Waals surface area contributed by atoms with Gasteiger partial charge in [-0.1, -0.05) is 0 Å². The molecule has 0 unspecified atom stereocenters. The molecule has 0 spiro atoms. The van der Waals surface area contributed by atoms with Gasteiger partial charge in [0.05, 0.1) is 17.6 Å². The normalized spacial score (nSPS) is 11.0. The highest BCUT2D eigenvalue weighted by molar-refractivity contribution is 7.17. The minimum Gasteiger partial charge on any atom is -0.462 e. The summed E-state index contributed by atoms with van der Waals surface area (Å²) in [6.07, 6.45) is 1.51. The molecule has 0 radical (unpaired) electrons. The summed E-state index contributed by atoms with van der Waals surface area (Å²) in [5.74, 6) is 0.352. The van der Waals surface area contributed by atoms with E-state index in [1.54, 1.807) is 12.3 Å². The van der Waals surface area contributed by atoms with Crippen LogP contribution in [0.2, 0.25) is 0 Å². The largest absolute Gasteiger partial charge is 0.462 e. The standard InChI is InChI=1S/C13H18N4O2S/c1-4-19-13(18)9-7-20-12-10(9)11(15-8-16-12)14-5-6-17(2)3/h7-8H,4-6H2,1-3H3,(H,14,15,16). The van der Waals surface area contributed by atoms with E-state index >= 15 is 0 Å². The molecule has 0 fully saturated rings. The predicted octanol–water partition coefficient (Wildman–Crippen LogP) is 1.84. The number of aromatic nitrogens is 2. The highest BCUT2D eigenvalue weighted by atomic mass is 32.1. The topological polar surface area (TPSA) is 67.3 Å². The number of esters is 1. The minimum atomic E-state index is -0.329. The van der Waals surface area contributed by atoms with Crippen LogP contribution in [0, 0.1) is 0 Å². The van der Waals surface area contributed by atoms with Crippen LogP contribution in [0.5, 0.6) is 0 Å². The van der Waals surface area contributed by atoms with Crippen LogP contribution in [-0.2, 0) is 4.74 Å². The zero-order valence-corrected chi connectivity index (χ0v) is 12.7. The first-order valence-corrected chi connectivity index (χ1v) is 7.29. The highest BCUT2D eigenvalue weighted by Crippen LogP contribution is 2.29. The van der Waals surface area contributed by atoms with E-state index in [4.69, 9.17) is 4.74 Å². The van der Waals surface area contributed by atoms with Gasteiger partial charge in [-0.25, -0.2) is 14.8 Å². The molecule has 7 heteroatoms. The van der Waals surface area contributed by atoms with E-state index in [1.807, 2.05) is 14.1 Å². The molecule has 2 aromatic rings. The van der Waals surface area contributed by atoms with Crippen molar-refractivity contribution in [2.45, 2.75) is 6.92 Å². The fourth-order valence-electron chi connectivity index (χ4n) is 1.77. The Morgan fingerprint density at radius 1 is 1.45 bits per heavy atom. The zero-order chi connectivity index (χ0) is 14.5. The lowest BCUT2D eigenvalue weighted by Crippen LogP contribution is -2.21. The Kier molecular flexibility index (Phi) is 4.86. The van der Waals surface area contributed by atoms with Gasteiger partial charge in [-0.05, 0) is 21.0 Å². The summed E-state index contributed by atoms with van der Waals surface area (Å²) in [4.78, 5) is 23.2. The van der Waals surface area contributed by atoms with Crippen LogP contribution in [0.1, 0.15) is 17.3 Å². The van der Waals surface area contributed by atoms with Crippen molar-refractivity contribution in [1.82, 2.24) is 14.9 Å². The second-order valence-corrected chi connectivity index (χ2v) is 5.36. The van der Waals surface area contributed by atoms with Crippen molar-refractivity contribution in [2.75, 3.05) is 39.1 Å². The number of carbonyl (C=O) groups is 1. The van der Waals surface area contributed by atoms with Crippen molar-refractivity contribution >= 4 is 33.3 Å². The van der Waals surface area contributed by atoms with Crippen molar-refractivity contribution in [3.8, 4) is 0 Å². The molecule has 0 saturated carbocycles. The van der Waals surface area contributed by atoms with E-state index in [1.165, 1.54) is 17.7 Å². The molecule has 2 aromatic heterocycles. The number of likely N-dealkylation sites (N-methyl/N-ethyl adjacent to an activating group) is 1. The maximum absolute atomic E-state index is 11.9. The fraction of sp³-hybridized carbons (Fsp3) is 0.462. The Morgan fingerprint density at radius 3 is 2.95 bits per heavy atom. The van der Waals surface area contributed by atoms with Gasteiger partial charge in [0.2, 0.25) is 0 Å². The minimum absolute atomic E-state index is 0.329. The van der Waals surface area contributed by atoms with Gasteiger partial charge in [-0.2, -0.15) is 0 Å². The number of hydrogen-bond donors (Lipinski definition) is 1. The molecule has 0 aliphatic rings. The molecule has 0 saturated heterocycles. The summed E-state index contributed by atoms with van der Waals surface area (Å²) in [7, 11) is 4.01. The lowest BCUT2D eigenvalue weighted by Gasteiger charge is -2.11. The Morgan fingerprint density at radius 2 is 2.25 bits per heavy atom. The SMILES string of the molecule is CCOC(=O)c1csc2ncnc(NCCN(C)C)c12. The first kappa shape index (κ1) is 14.7. The number of ether oxygens (including phenoxy) is 1. The van der Waals surface area contributed by atoms with Gasteiger partial charge in [0.15, 0.2) is 0 Å².